The molecule has 0 fully saturated rings. The number of rotatable bonds is 0. The molecule has 0 aromatic heterocycles. The van der Waals surface area contributed by atoms with Crippen LogP contribution in [0.25, 0.3) is 11.1 Å². The molecule has 8 heteroatoms. The van der Waals surface area contributed by atoms with Gasteiger partial charge in [0.1, 0.15) is 0 Å². The molecule has 1 rings (SSSR count). The third-order valence-electron chi connectivity index (χ3n) is 0.240. The summed E-state index contributed by atoms with van der Waals surface area (Å²) in [4.78, 5) is 0. The minimum Gasteiger partial charge on any atom is -0.333 e. The monoisotopic (exact) mass is 162 g/mol. The van der Waals surface area contributed by atoms with Crippen molar-refractivity contribution in [3.05, 3.63) is 11.1 Å². The molecule has 32 valence electrons. The van der Waals surface area contributed by atoms with Gasteiger partial charge in [-0.3, -0.25) is 0 Å². The van der Waals surface area contributed by atoms with Crippen molar-refractivity contribution in [1.82, 2.24) is 0 Å². The van der Waals surface area contributed by atoms with Gasteiger partial charge >= 0.3 is 103 Å². The van der Waals surface area contributed by atoms with E-state index in [1.165, 1.54) is 0 Å². The smallest absolute Gasteiger partial charge is 0.333 e. The van der Waals surface area contributed by atoms with E-state index in [0.29, 0.717) is 0 Å². The average molecular weight is 162 g/mol. The minimum atomic E-state index is 0. The molecule has 0 N–H and O–H groups in total. The van der Waals surface area contributed by atoms with Crippen molar-refractivity contribution in [2.45, 2.75) is 0 Å². The molecule has 0 bridgehead atoms. The maximum atomic E-state index is 3.00. The standard InChI is InChI=1S/2K.N6/c;;1-2-4-6-5-3-1/q2*+1;-2. The van der Waals surface area contributed by atoms with Gasteiger partial charge in [0, 0.05) is 0 Å². The fraction of sp³-hybridized carbons (Fsp3) is 0. The summed E-state index contributed by atoms with van der Waals surface area (Å²) >= 11 is 0. The van der Waals surface area contributed by atoms with Crippen LogP contribution in [-0.4, -0.2) is 0 Å². The van der Waals surface area contributed by atoms with Gasteiger partial charge in [0.2, 0.25) is 0 Å². The van der Waals surface area contributed by atoms with Gasteiger partial charge in [-0.1, -0.05) is 0 Å². The summed E-state index contributed by atoms with van der Waals surface area (Å²) in [6.45, 7) is 0. The molecule has 1 aliphatic heterocycles. The molecule has 0 saturated carbocycles. The summed E-state index contributed by atoms with van der Waals surface area (Å²) in [7, 11) is 0. The maximum Gasteiger partial charge on any atom is 1.00 e. The normalized spacial score (nSPS) is 12.0. The summed E-state index contributed by atoms with van der Waals surface area (Å²) in [6, 6.07) is 0. The molecule has 0 aromatic rings. The van der Waals surface area contributed by atoms with Crippen LogP contribution >= 0.6 is 0 Å². The van der Waals surface area contributed by atoms with Crippen molar-refractivity contribution < 1.29 is 103 Å². The average Bonchev–Trinajstić information content (AvgIpc) is 1.72. The Morgan fingerprint density at radius 1 is 0.625 bits per heavy atom. The van der Waals surface area contributed by atoms with Crippen LogP contribution < -0.4 is 103 Å². The zero-order valence-corrected chi connectivity index (χ0v) is 10.9. The fourth-order valence-corrected chi connectivity index (χ4v) is 0.107. The number of hydrogen-bond donors (Lipinski definition) is 0. The van der Waals surface area contributed by atoms with Crippen molar-refractivity contribution in [3.63, 3.8) is 0 Å². The van der Waals surface area contributed by atoms with Crippen molar-refractivity contribution in [1.29, 1.82) is 0 Å². The molecule has 0 amide bonds. The Morgan fingerprint density at radius 3 is 1.00 bits per heavy atom. The Bertz CT molecular complexity index is 64.5. The number of hydrogen-bond acceptors (Lipinski definition) is 4. The van der Waals surface area contributed by atoms with Crippen molar-refractivity contribution >= 4 is 0 Å². The molecule has 0 atom stereocenters. The van der Waals surface area contributed by atoms with E-state index in [9.17, 15) is 0 Å². The molecular weight excluding hydrogens is 162 g/mol. The quantitative estimate of drug-likeness (QED) is 0.321. The summed E-state index contributed by atoms with van der Waals surface area (Å²) in [5, 5.41) is 12.0. The first kappa shape index (κ1) is 12.7. The molecule has 0 aliphatic carbocycles. The van der Waals surface area contributed by atoms with Gasteiger partial charge in [-0.15, -0.1) is 0 Å². The zero-order valence-electron chi connectivity index (χ0n) is 4.68. The van der Waals surface area contributed by atoms with Crippen LogP contribution in [-0.2, 0) is 0 Å². The zero-order chi connectivity index (χ0) is 4.24. The maximum absolute atomic E-state index is 3.00. The first-order chi connectivity index (χ1) is 3.00. The Balaban J connectivity index is 0. The van der Waals surface area contributed by atoms with Gasteiger partial charge in [-0.25, -0.2) is 0 Å². The van der Waals surface area contributed by atoms with Gasteiger partial charge in [-0.05, 0) is 0 Å². The predicted molar refractivity (Wildman–Crippen MR) is 16.4 cm³/mol. The summed E-state index contributed by atoms with van der Waals surface area (Å²) in [6.07, 6.45) is 0. The van der Waals surface area contributed by atoms with Gasteiger partial charge < -0.3 is 32.0 Å². The first-order valence-corrected chi connectivity index (χ1v) is 1.20. The van der Waals surface area contributed by atoms with Crippen LogP contribution in [0.1, 0.15) is 0 Å². The molecule has 0 saturated heterocycles. The molecule has 0 aromatic carbocycles. The molecule has 1 heterocycles. The minimum absolute atomic E-state index is 0. The summed E-state index contributed by atoms with van der Waals surface area (Å²) in [5.74, 6) is 0. The van der Waals surface area contributed by atoms with Crippen LogP contribution in [0.5, 0.6) is 0 Å². The topological polar surface area (TPSA) is 77.6 Å². The Hall–Kier alpha value is 2.07. The van der Waals surface area contributed by atoms with E-state index in [1.807, 2.05) is 0 Å². The van der Waals surface area contributed by atoms with E-state index in [-0.39, 0.29) is 103 Å². The molecule has 0 spiro atoms. The predicted octanol–water partition coefficient (Wildman–Crippen LogP) is -4.68. The molecular formula is K2N6. The second-order valence-electron chi connectivity index (χ2n) is 0.537. The van der Waals surface area contributed by atoms with Crippen LogP contribution in [0, 0.1) is 0 Å². The molecule has 0 unspecified atom stereocenters. The van der Waals surface area contributed by atoms with Gasteiger partial charge in [0.25, 0.3) is 0 Å². The van der Waals surface area contributed by atoms with Crippen molar-refractivity contribution in [2.75, 3.05) is 0 Å². The summed E-state index contributed by atoms with van der Waals surface area (Å²) in [5.41, 5.74) is 6.00. The van der Waals surface area contributed by atoms with Crippen LogP contribution in [0.4, 0.5) is 0 Å². The SMILES string of the molecule is N1=N[N-]N=N[N-]1.[K+].[K+]. The number of nitrogens with zero attached hydrogens (tertiary/aromatic N) is 6. The largest absolute Gasteiger partial charge is 1.00 e. The van der Waals surface area contributed by atoms with Gasteiger partial charge in [0.15, 0.2) is 0 Å². The second-order valence-corrected chi connectivity index (χ2v) is 0.537. The van der Waals surface area contributed by atoms with Crippen LogP contribution in [0.15, 0.2) is 20.9 Å². The molecule has 1 aliphatic rings. The van der Waals surface area contributed by atoms with Gasteiger partial charge in [-0.2, -0.15) is 0 Å². The van der Waals surface area contributed by atoms with Gasteiger partial charge in [0.05, 0.1) is 0 Å². The Labute approximate surface area is 131 Å². The van der Waals surface area contributed by atoms with E-state index in [2.05, 4.69) is 32.0 Å². The molecule has 0 radical (unpaired) electrons. The fourth-order valence-electron chi connectivity index (χ4n) is 0.107. The Kier molecular flexibility index (Phi) is 14.4. The van der Waals surface area contributed by atoms with E-state index in [0.717, 1.165) is 0 Å². The van der Waals surface area contributed by atoms with Crippen LogP contribution in [0.3, 0.4) is 0 Å². The van der Waals surface area contributed by atoms with E-state index >= 15 is 0 Å². The summed E-state index contributed by atoms with van der Waals surface area (Å²) < 4.78 is 0. The molecule has 8 heavy (non-hydrogen) atoms. The van der Waals surface area contributed by atoms with E-state index < -0.39 is 0 Å². The third kappa shape index (κ3) is 6.20. The van der Waals surface area contributed by atoms with Crippen LogP contribution in [0.2, 0.25) is 0 Å². The Morgan fingerprint density at radius 2 is 0.875 bits per heavy atom. The molecule has 6 nitrogen and oxygen atoms in total. The second kappa shape index (κ2) is 9.07. The van der Waals surface area contributed by atoms with Crippen molar-refractivity contribution in [3.8, 4) is 0 Å². The first-order valence-electron chi connectivity index (χ1n) is 1.20. The third-order valence-corrected chi connectivity index (χ3v) is 0.240. The van der Waals surface area contributed by atoms with E-state index in [1.54, 1.807) is 0 Å². The van der Waals surface area contributed by atoms with E-state index in [4.69, 9.17) is 0 Å². The van der Waals surface area contributed by atoms with Crippen molar-refractivity contribution in [2.24, 2.45) is 20.9 Å².